The van der Waals surface area contributed by atoms with Gasteiger partial charge in [0.25, 0.3) is 5.91 Å². The van der Waals surface area contributed by atoms with Crippen LogP contribution in [0.3, 0.4) is 0 Å². The van der Waals surface area contributed by atoms with E-state index >= 15 is 0 Å². The number of nitrogens with zero attached hydrogens (tertiary/aromatic N) is 1. The van der Waals surface area contributed by atoms with Gasteiger partial charge in [-0.25, -0.2) is 9.59 Å². The molecule has 0 atom stereocenters. The van der Waals surface area contributed by atoms with Crippen molar-refractivity contribution in [2.75, 3.05) is 25.1 Å². The Morgan fingerprint density at radius 2 is 1.77 bits per heavy atom. The van der Waals surface area contributed by atoms with Crippen LogP contribution in [-0.2, 0) is 20.8 Å². The van der Waals surface area contributed by atoms with Gasteiger partial charge in [0.15, 0.2) is 0 Å². The summed E-state index contributed by atoms with van der Waals surface area (Å²) in [4.78, 5) is 51.4. The van der Waals surface area contributed by atoms with E-state index in [4.69, 9.17) is 9.47 Å². The summed E-state index contributed by atoms with van der Waals surface area (Å²) < 4.78 is 10.1. The highest BCUT2D eigenvalue weighted by Gasteiger charge is 2.30. The lowest BCUT2D eigenvalue weighted by atomic mass is 10.1. The van der Waals surface area contributed by atoms with Crippen LogP contribution in [-0.4, -0.2) is 48.4 Å². The lowest BCUT2D eigenvalue weighted by molar-refractivity contribution is -0.116. The first-order valence-electron chi connectivity index (χ1n) is 9.52. The zero-order chi connectivity index (χ0) is 21.8. The van der Waals surface area contributed by atoms with Crippen LogP contribution in [0.15, 0.2) is 24.3 Å². The van der Waals surface area contributed by atoms with Gasteiger partial charge in [-0.1, -0.05) is 18.2 Å². The predicted octanol–water partition coefficient (Wildman–Crippen LogP) is 3.00. The molecule has 0 spiro atoms. The standard InChI is InChI=1S/C21H22N2O6S/c1-4-28-20(26)16-12(3)17(21(27)29-5-2)30-18(16)22-15(24)11-23-10-13-8-6-7-9-14(13)19(23)25/h6-9H,4-5,10-11H2,1-3H3,(H,22,24). The first-order chi connectivity index (χ1) is 14.4. The van der Waals surface area contributed by atoms with Gasteiger partial charge >= 0.3 is 11.9 Å². The first kappa shape index (κ1) is 21.5. The van der Waals surface area contributed by atoms with Crippen molar-refractivity contribution in [2.45, 2.75) is 27.3 Å². The molecule has 30 heavy (non-hydrogen) atoms. The van der Waals surface area contributed by atoms with E-state index in [1.807, 2.05) is 12.1 Å². The van der Waals surface area contributed by atoms with Crippen LogP contribution in [0.5, 0.6) is 0 Å². The lowest BCUT2D eigenvalue weighted by Crippen LogP contribution is -2.33. The molecule has 2 amide bonds. The topological polar surface area (TPSA) is 102 Å². The van der Waals surface area contributed by atoms with E-state index in [-0.39, 0.29) is 41.1 Å². The Morgan fingerprint density at radius 1 is 1.10 bits per heavy atom. The second kappa shape index (κ2) is 9.08. The molecule has 158 valence electrons. The summed E-state index contributed by atoms with van der Waals surface area (Å²) in [5, 5.41) is 2.86. The van der Waals surface area contributed by atoms with Crippen molar-refractivity contribution < 1.29 is 28.7 Å². The number of anilines is 1. The molecule has 8 nitrogen and oxygen atoms in total. The van der Waals surface area contributed by atoms with Crippen molar-refractivity contribution in [2.24, 2.45) is 0 Å². The Kier molecular flexibility index (Phi) is 6.51. The molecule has 0 aliphatic carbocycles. The quantitative estimate of drug-likeness (QED) is 0.678. The highest BCUT2D eigenvalue weighted by Crippen LogP contribution is 2.34. The van der Waals surface area contributed by atoms with Gasteiger partial charge in [-0.2, -0.15) is 0 Å². The van der Waals surface area contributed by atoms with Crippen LogP contribution in [0.2, 0.25) is 0 Å². The summed E-state index contributed by atoms with van der Waals surface area (Å²) in [6, 6.07) is 7.19. The number of carbonyl (C=O) groups is 4. The molecule has 0 unspecified atom stereocenters. The number of nitrogens with one attached hydrogen (secondary N) is 1. The van der Waals surface area contributed by atoms with Gasteiger partial charge < -0.3 is 19.7 Å². The normalized spacial score (nSPS) is 12.5. The number of thiophene rings is 1. The zero-order valence-corrected chi connectivity index (χ0v) is 17.8. The van der Waals surface area contributed by atoms with E-state index < -0.39 is 17.8 Å². The summed E-state index contributed by atoms with van der Waals surface area (Å²) in [5.74, 6) is -1.91. The largest absolute Gasteiger partial charge is 0.462 e. The highest BCUT2D eigenvalue weighted by molar-refractivity contribution is 7.18. The van der Waals surface area contributed by atoms with Crippen molar-refractivity contribution in [3.63, 3.8) is 0 Å². The maximum absolute atomic E-state index is 12.6. The summed E-state index contributed by atoms with van der Waals surface area (Å²) in [6.45, 7) is 5.44. The maximum Gasteiger partial charge on any atom is 0.348 e. The lowest BCUT2D eigenvalue weighted by Gasteiger charge is -2.15. The molecule has 0 saturated heterocycles. The molecule has 9 heteroatoms. The Hall–Kier alpha value is -3.20. The number of fused-ring (bicyclic) bond motifs is 1. The fourth-order valence-electron chi connectivity index (χ4n) is 3.22. The van der Waals surface area contributed by atoms with Crippen molar-refractivity contribution in [3.8, 4) is 0 Å². The van der Waals surface area contributed by atoms with Gasteiger partial charge in [0.1, 0.15) is 16.4 Å². The number of esters is 2. The summed E-state index contributed by atoms with van der Waals surface area (Å²) in [6.07, 6.45) is 0. The Labute approximate surface area is 177 Å². The van der Waals surface area contributed by atoms with Crippen molar-refractivity contribution in [1.29, 1.82) is 0 Å². The number of amides is 2. The van der Waals surface area contributed by atoms with Crippen LogP contribution in [0, 0.1) is 6.92 Å². The molecule has 3 rings (SSSR count). The van der Waals surface area contributed by atoms with E-state index in [1.165, 1.54) is 4.90 Å². The van der Waals surface area contributed by atoms with Gasteiger partial charge in [0, 0.05) is 12.1 Å². The van der Waals surface area contributed by atoms with Crippen LogP contribution >= 0.6 is 11.3 Å². The molecule has 0 bridgehead atoms. The second-order valence-corrected chi connectivity index (χ2v) is 7.59. The summed E-state index contributed by atoms with van der Waals surface area (Å²) in [5.41, 5.74) is 1.94. The number of ether oxygens (including phenoxy) is 2. The van der Waals surface area contributed by atoms with Gasteiger partial charge in [-0.15, -0.1) is 11.3 Å². The molecule has 1 aliphatic heterocycles. The van der Waals surface area contributed by atoms with Crippen LogP contribution < -0.4 is 5.32 Å². The van der Waals surface area contributed by atoms with E-state index in [0.717, 1.165) is 16.9 Å². The van der Waals surface area contributed by atoms with E-state index in [1.54, 1.807) is 32.9 Å². The molecule has 2 aromatic rings. The van der Waals surface area contributed by atoms with Gasteiger partial charge in [-0.05, 0) is 38.0 Å². The van der Waals surface area contributed by atoms with Crippen LogP contribution in [0.25, 0.3) is 0 Å². The number of carbonyl (C=O) groups excluding carboxylic acids is 4. The van der Waals surface area contributed by atoms with Crippen molar-refractivity contribution >= 4 is 40.1 Å². The zero-order valence-electron chi connectivity index (χ0n) is 16.9. The second-order valence-electron chi connectivity index (χ2n) is 6.57. The minimum absolute atomic E-state index is 0.120. The minimum Gasteiger partial charge on any atom is -0.462 e. The van der Waals surface area contributed by atoms with Gasteiger partial charge in [-0.3, -0.25) is 9.59 Å². The van der Waals surface area contributed by atoms with E-state index in [0.29, 0.717) is 17.7 Å². The number of rotatable bonds is 7. The molecular weight excluding hydrogens is 408 g/mol. The number of benzene rings is 1. The molecule has 1 N–H and O–H groups in total. The Balaban J connectivity index is 1.80. The van der Waals surface area contributed by atoms with E-state index in [9.17, 15) is 19.2 Å². The molecule has 1 aliphatic rings. The monoisotopic (exact) mass is 430 g/mol. The average Bonchev–Trinajstić information content (AvgIpc) is 3.19. The average molecular weight is 430 g/mol. The molecule has 0 saturated carbocycles. The van der Waals surface area contributed by atoms with Gasteiger partial charge in [0.05, 0.1) is 18.8 Å². The van der Waals surface area contributed by atoms with Crippen LogP contribution in [0.1, 0.15) is 55.4 Å². The first-order valence-corrected chi connectivity index (χ1v) is 10.3. The fourth-order valence-corrected chi connectivity index (χ4v) is 4.33. The minimum atomic E-state index is -0.637. The summed E-state index contributed by atoms with van der Waals surface area (Å²) >= 11 is 0.952. The third-order valence-electron chi connectivity index (χ3n) is 4.57. The molecule has 0 radical (unpaired) electrons. The number of hydrogen-bond acceptors (Lipinski definition) is 7. The van der Waals surface area contributed by atoms with Crippen molar-refractivity contribution in [3.05, 3.63) is 51.4 Å². The predicted molar refractivity (Wildman–Crippen MR) is 111 cm³/mol. The molecule has 1 aromatic carbocycles. The maximum atomic E-state index is 12.6. The third-order valence-corrected chi connectivity index (χ3v) is 5.76. The number of hydrogen-bond donors (Lipinski definition) is 1. The smallest absolute Gasteiger partial charge is 0.348 e. The van der Waals surface area contributed by atoms with Crippen LogP contribution in [0.4, 0.5) is 5.00 Å². The highest BCUT2D eigenvalue weighted by atomic mass is 32.1. The molecular formula is C21H22N2O6S. The summed E-state index contributed by atoms with van der Waals surface area (Å²) in [7, 11) is 0. The molecule has 2 heterocycles. The Morgan fingerprint density at radius 3 is 2.43 bits per heavy atom. The van der Waals surface area contributed by atoms with Gasteiger partial charge in [0.2, 0.25) is 5.91 Å². The van der Waals surface area contributed by atoms with Crippen molar-refractivity contribution in [1.82, 2.24) is 4.90 Å². The third kappa shape index (κ3) is 4.20. The Bertz CT molecular complexity index is 1010. The van der Waals surface area contributed by atoms with E-state index in [2.05, 4.69) is 5.32 Å². The molecule has 1 aromatic heterocycles. The SMILES string of the molecule is CCOC(=O)c1sc(NC(=O)CN2Cc3ccccc3C2=O)c(C(=O)OCC)c1C. The molecule has 0 fully saturated rings. The fraction of sp³-hybridized carbons (Fsp3) is 0.333.